The second-order valence-electron chi connectivity index (χ2n) is 8.77. The molecular weight excluding hydrogens is 450 g/mol. The van der Waals surface area contributed by atoms with Gasteiger partial charge >= 0.3 is 0 Å². The largest absolute Gasteiger partial charge is 0.493 e. The van der Waals surface area contributed by atoms with Crippen molar-refractivity contribution in [1.29, 1.82) is 5.41 Å². The van der Waals surface area contributed by atoms with Crippen molar-refractivity contribution in [1.82, 2.24) is 9.55 Å². The average Bonchev–Trinajstić information content (AvgIpc) is 2.93. The Hall–Kier alpha value is -4.58. The number of aromatic nitrogens is 2. The van der Waals surface area contributed by atoms with E-state index in [1.54, 1.807) is 20.5 Å². The fraction of sp³-hybridized carbons (Fsp3) is 0.133. The van der Waals surface area contributed by atoms with Gasteiger partial charge in [0.15, 0.2) is 11.5 Å². The molecule has 0 bridgehead atoms. The topological polar surface area (TPSA) is 69.4 Å². The molecule has 0 saturated heterocycles. The van der Waals surface area contributed by atoms with E-state index in [1.165, 1.54) is 0 Å². The van der Waals surface area contributed by atoms with Gasteiger partial charge in [-0.3, -0.25) is 5.41 Å². The van der Waals surface area contributed by atoms with Gasteiger partial charge < -0.3 is 18.8 Å². The number of hydrogen-bond donors (Lipinski definition) is 1. The number of hydrogen-bond acceptors (Lipinski definition) is 5. The molecule has 0 saturated carbocycles. The highest BCUT2D eigenvalue weighted by atomic mass is 16.5. The molecule has 1 atom stereocenters. The van der Waals surface area contributed by atoms with E-state index < -0.39 is 0 Å². The highest BCUT2D eigenvalue weighted by Gasteiger charge is 2.34. The van der Waals surface area contributed by atoms with Crippen molar-refractivity contribution in [3.63, 3.8) is 0 Å². The summed E-state index contributed by atoms with van der Waals surface area (Å²) in [5.74, 6) is 2.21. The quantitative estimate of drug-likeness (QED) is 0.339. The SMILES string of the molecule is COc1ccc([C@@H]2c3c(ncn(Cc4ccccc4)c3=N)Oc3ccc4ccccc4c32)cc1OC. The Morgan fingerprint density at radius 3 is 2.44 bits per heavy atom. The summed E-state index contributed by atoms with van der Waals surface area (Å²) in [4.78, 5) is 4.67. The molecule has 6 rings (SSSR count). The Kier molecular flexibility index (Phi) is 5.41. The van der Waals surface area contributed by atoms with E-state index in [9.17, 15) is 5.41 Å². The molecule has 6 heteroatoms. The minimum Gasteiger partial charge on any atom is -0.493 e. The zero-order valence-electron chi connectivity index (χ0n) is 20.1. The van der Waals surface area contributed by atoms with Crippen LogP contribution in [0.4, 0.5) is 0 Å². The Labute approximate surface area is 208 Å². The number of nitrogens with one attached hydrogen (secondary N) is 1. The van der Waals surface area contributed by atoms with E-state index in [4.69, 9.17) is 14.2 Å². The Morgan fingerprint density at radius 2 is 1.64 bits per heavy atom. The molecule has 36 heavy (non-hydrogen) atoms. The van der Waals surface area contributed by atoms with Gasteiger partial charge in [-0.15, -0.1) is 0 Å². The molecule has 0 fully saturated rings. The van der Waals surface area contributed by atoms with Crippen molar-refractivity contribution in [3.8, 4) is 23.1 Å². The standard InChI is InChI=1S/C30H25N3O3/c1-34-23-14-13-21(16-25(23)35-2)26-27-22-11-7-6-10-20(22)12-15-24(27)36-30-28(26)29(31)33(18-32-30)17-19-8-4-3-5-9-19/h3-16,18,26,31H,17H2,1-2H3/t26-/m0/s1. The molecule has 5 aromatic rings. The van der Waals surface area contributed by atoms with E-state index >= 15 is 0 Å². The van der Waals surface area contributed by atoms with Crippen LogP contribution in [0, 0.1) is 5.41 Å². The predicted molar refractivity (Wildman–Crippen MR) is 138 cm³/mol. The normalized spacial score (nSPS) is 14.0. The summed E-state index contributed by atoms with van der Waals surface area (Å²) in [6, 6.07) is 28.3. The van der Waals surface area contributed by atoms with Gasteiger partial charge in [-0.1, -0.05) is 66.7 Å². The van der Waals surface area contributed by atoms with Crippen LogP contribution in [-0.2, 0) is 6.54 Å². The van der Waals surface area contributed by atoms with Gasteiger partial charge in [-0.2, -0.15) is 0 Å². The van der Waals surface area contributed by atoms with Gasteiger partial charge in [-0.05, 0) is 40.1 Å². The third-order valence-corrected chi connectivity index (χ3v) is 6.74. The molecule has 0 spiro atoms. The molecule has 1 aliphatic rings. The van der Waals surface area contributed by atoms with Crippen LogP contribution < -0.4 is 19.7 Å². The van der Waals surface area contributed by atoms with E-state index in [1.807, 2.05) is 59.2 Å². The lowest BCUT2D eigenvalue weighted by molar-refractivity contribution is 0.354. The summed E-state index contributed by atoms with van der Waals surface area (Å²) in [6.45, 7) is 0.543. The number of ether oxygens (including phenoxy) is 3. The molecule has 1 aromatic heterocycles. The molecule has 0 unspecified atom stereocenters. The van der Waals surface area contributed by atoms with Gasteiger partial charge in [0.05, 0.1) is 26.3 Å². The monoisotopic (exact) mass is 475 g/mol. The molecule has 0 aliphatic carbocycles. The summed E-state index contributed by atoms with van der Waals surface area (Å²) in [5.41, 5.74) is 4.18. The van der Waals surface area contributed by atoms with Crippen molar-refractivity contribution in [2.75, 3.05) is 14.2 Å². The molecule has 178 valence electrons. The maximum absolute atomic E-state index is 9.27. The van der Waals surface area contributed by atoms with Crippen LogP contribution in [0.3, 0.4) is 0 Å². The summed E-state index contributed by atoms with van der Waals surface area (Å²) in [6.07, 6.45) is 1.69. The highest BCUT2D eigenvalue weighted by molar-refractivity contribution is 5.90. The Morgan fingerprint density at radius 1 is 0.861 bits per heavy atom. The second-order valence-corrected chi connectivity index (χ2v) is 8.77. The van der Waals surface area contributed by atoms with E-state index in [0.717, 1.165) is 38.8 Å². The number of rotatable bonds is 5. The number of nitrogens with zero attached hydrogens (tertiary/aromatic N) is 2. The van der Waals surface area contributed by atoms with Crippen LogP contribution in [-0.4, -0.2) is 23.8 Å². The maximum Gasteiger partial charge on any atom is 0.228 e. The molecule has 0 radical (unpaired) electrons. The van der Waals surface area contributed by atoms with E-state index in [2.05, 4.69) is 35.3 Å². The van der Waals surface area contributed by atoms with Gasteiger partial charge in [-0.25, -0.2) is 4.98 Å². The number of fused-ring (bicyclic) bond motifs is 4. The first-order valence-corrected chi connectivity index (χ1v) is 11.8. The number of methoxy groups -OCH3 is 2. The lowest BCUT2D eigenvalue weighted by Crippen LogP contribution is -2.30. The minimum atomic E-state index is -0.280. The fourth-order valence-corrected chi connectivity index (χ4v) is 5.02. The molecule has 1 N–H and O–H groups in total. The minimum absolute atomic E-state index is 0.280. The molecule has 1 aliphatic heterocycles. The zero-order valence-corrected chi connectivity index (χ0v) is 20.1. The van der Waals surface area contributed by atoms with Crippen LogP contribution in [0.1, 0.15) is 28.2 Å². The van der Waals surface area contributed by atoms with Crippen LogP contribution in [0.5, 0.6) is 23.1 Å². The van der Waals surface area contributed by atoms with E-state index in [-0.39, 0.29) is 5.92 Å². The van der Waals surface area contributed by atoms with Crippen LogP contribution in [0.25, 0.3) is 10.8 Å². The van der Waals surface area contributed by atoms with Crippen molar-refractivity contribution in [2.24, 2.45) is 0 Å². The lowest BCUT2D eigenvalue weighted by Gasteiger charge is -2.30. The fourth-order valence-electron chi connectivity index (χ4n) is 5.02. The van der Waals surface area contributed by atoms with Gasteiger partial charge in [0.25, 0.3) is 0 Å². The Balaban J connectivity index is 1.61. The van der Waals surface area contributed by atoms with Crippen LogP contribution >= 0.6 is 0 Å². The summed E-state index contributed by atoms with van der Waals surface area (Å²) in [5, 5.41) is 11.5. The summed E-state index contributed by atoms with van der Waals surface area (Å²) >= 11 is 0. The van der Waals surface area contributed by atoms with Crippen molar-refractivity contribution < 1.29 is 14.2 Å². The molecule has 4 aromatic carbocycles. The van der Waals surface area contributed by atoms with Crippen molar-refractivity contribution in [2.45, 2.75) is 12.5 Å². The van der Waals surface area contributed by atoms with E-state index in [0.29, 0.717) is 29.4 Å². The smallest absolute Gasteiger partial charge is 0.228 e. The predicted octanol–water partition coefficient (Wildman–Crippen LogP) is 5.87. The third-order valence-electron chi connectivity index (χ3n) is 6.74. The molecule has 2 heterocycles. The summed E-state index contributed by atoms with van der Waals surface area (Å²) < 4.78 is 19.3. The first kappa shape index (κ1) is 21.9. The number of benzene rings is 4. The first-order valence-electron chi connectivity index (χ1n) is 11.8. The van der Waals surface area contributed by atoms with Crippen molar-refractivity contribution in [3.05, 3.63) is 119 Å². The first-order chi connectivity index (χ1) is 17.7. The highest BCUT2D eigenvalue weighted by Crippen LogP contribution is 2.49. The maximum atomic E-state index is 9.27. The van der Waals surface area contributed by atoms with Crippen LogP contribution in [0.15, 0.2) is 91.3 Å². The van der Waals surface area contributed by atoms with Gasteiger partial charge in [0.2, 0.25) is 5.88 Å². The lowest BCUT2D eigenvalue weighted by atomic mass is 9.81. The molecular formula is C30H25N3O3. The Bertz CT molecular complexity index is 1640. The zero-order chi connectivity index (χ0) is 24.6. The third kappa shape index (κ3) is 3.58. The van der Waals surface area contributed by atoms with Gasteiger partial charge in [0, 0.05) is 11.5 Å². The second kappa shape index (κ2) is 8.89. The summed E-state index contributed by atoms with van der Waals surface area (Å²) in [7, 11) is 3.26. The van der Waals surface area contributed by atoms with Crippen LogP contribution in [0.2, 0.25) is 0 Å². The molecule has 6 nitrogen and oxygen atoms in total. The van der Waals surface area contributed by atoms with Crippen molar-refractivity contribution >= 4 is 10.8 Å². The molecule has 0 amide bonds. The average molecular weight is 476 g/mol. The van der Waals surface area contributed by atoms with Gasteiger partial charge in [0.1, 0.15) is 17.6 Å².